The molecule has 1 N–H and O–H groups in total. The smallest absolute Gasteiger partial charge is 0.426 e. The molecule has 1 heterocycles. The van der Waals surface area contributed by atoms with Crippen LogP contribution in [0.1, 0.15) is 55.3 Å². The average Bonchev–Trinajstić information content (AvgIpc) is 3.26. The van der Waals surface area contributed by atoms with Crippen molar-refractivity contribution in [1.82, 2.24) is 0 Å². The lowest BCUT2D eigenvalue weighted by Gasteiger charge is -2.59. The van der Waals surface area contributed by atoms with Gasteiger partial charge in [-0.25, -0.2) is 9.59 Å². The summed E-state index contributed by atoms with van der Waals surface area (Å²) in [6.45, 7) is 0.152. The van der Waals surface area contributed by atoms with Crippen LogP contribution in [0.15, 0.2) is 18.2 Å². The molecule has 230 valence electrons. The Bertz CT molecular complexity index is 1410. The van der Waals surface area contributed by atoms with Gasteiger partial charge in [0.15, 0.2) is 0 Å². The highest BCUT2D eigenvalue weighted by molar-refractivity contribution is 14.1. The molecule has 1 aromatic carbocycles. The van der Waals surface area contributed by atoms with Gasteiger partial charge in [0.1, 0.15) is 11.5 Å². The van der Waals surface area contributed by atoms with E-state index in [1.54, 1.807) is 0 Å². The van der Waals surface area contributed by atoms with E-state index >= 15 is 0 Å². The normalized spacial score (nSPS) is 30.9. The second kappa shape index (κ2) is 10.9. The quantitative estimate of drug-likeness (QED) is 0.137. The maximum Gasteiger partial charge on any atom is 0.426 e. The van der Waals surface area contributed by atoms with Gasteiger partial charge in [-0.1, -0.05) is 0 Å². The zero-order valence-electron chi connectivity index (χ0n) is 21.9. The molecular weight excluding hydrogens is 704 g/mol. The number of cyclic esters (lactones) is 1. The van der Waals surface area contributed by atoms with E-state index in [1.165, 1.54) is 18.2 Å². The Labute approximate surface area is 251 Å². The molecule has 6 rings (SSSR count). The molecule has 4 bridgehead atoms. The molecule has 11 nitrogen and oxygen atoms in total. The van der Waals surface area contributed by atoms with E-state index in [0.717, 1.165) is 0 Å². The summed E-state index contributed by atoms with van der Waals surface area (Å²) in [7, 11) is -5.11. The highest BCUT2D eigenvalue weighted by atomic mass is 127. The summed E-state index contributed by atoms with van der Waals surface area (Å²) in [6, 6.07) is 4.16. The number of hydrogen-bond donors (Lipinski definition) is 1. The molecule has 0 amide bonds. The Kier molecular flexibility index (Phi) is 8.04. The van der Waals surface area contributed by atoms with Gasteiger partial charge in [-0.15, -0.1) is 0 Å². The van der Waals surface area contributed by atoms with E-state index in [2.05, 4.69) is 0 Å². The van der Waals surface area contributed by atoms with Gasteiger partial charge in [0.05, 0.1) is 26.6 Å². The Balaban J connectivity index is 1.31. The first-order chi connectivity index (χ1) is 19.5. The van der Waals surface area contributed by atoms with Gasteiger partial charge in [-0.05, 0) is 91.2 Å². The van der Waals surface area contributed by atoms with Crippen molar-refractivity contribution < 1.29 is 64.3 Å². The number of esters is 4. The molecule has 0 radical (unpaired) electrons. The zero-order chi connectivity index (χ0) is 30.7. The molecule has 1 aromatic rings. The first-order valence-corrected chi connectivity index (χ1v) is 15.8. The second-order valence-electron chi connectivity index (χ2n) is 11.6. The molecule has 16 heteroatoms. The van der Waals surface area contributed by atoms with Gasteiger partial charge in [0, 0.05) is 6.42 Å². The van der Waals surface area contributed by atoms with Crippen LogP contribution in [0.3, 0.4) is 0 Å². The number of ether oxygens (including phenoxy) is 4. The van der Waals surface area contributed by atoms with E-state index in [1.807, 2.05) is 22.6 Å². The monoisotopic (exact) mass is 730 g/mol. The summed E-state index contributed by atoms with van der Waals surface area (Å²) in [5.41, 5.74) is -2.50. The molecule has 4 aliphatic carbocycles. The fourth-order valence-electron chi connectivity index (χ4n) is 7.08. The van der Waals surface area contributed by atoms with E-state index in [0.29, 0.717) is 22.8 Å². The Morgan fingerprint density at radius 3 is 2.24 bits per heavy atom. The third kappa shape index (κ3) is 6.25. The van der Waals surface area contributed by atoms with E-state index in [-0.39, 0.29) is 55.4 Å². The Hall–Kier alpha value is -2.47. The van der Waals surface area contributed by atoms with Crippen molar-refractivity contribution in [2.24, 2.45) is 22.7 Å². The van der Waals surface area contributed by atoms with Crippen LogP contribution in [-0.2, 0) is 38.7 Å². The lowest BCUT2D eigenvalue weighted by atomic mass is 9.44. The Morgan fingerprint density at radius 2 is 1.71 bits per heavy atom. The van der Waals surface area contributed by atoms with Crippen LogP contribution in [-0.4, -0.2) is 67.6 Å². The van der Waals surface area contributed by atoms with Gasteiger partial charge >= 0.3 is 30.1 Å². The highest BCUT2D eigenvalue weighted by Gasteiger charge is 2.65. The lowest BCUT2D eigenvalue weighted by Crippen LogP contribution is -2.59. The summed E-state index contributed by atoms with van der Waals surface area (Å²) in [6.07, 6.45) is -7.38. The van der Waals surface area contributed by atoms with Crippen molar-refractivity contribution in [2.75, 3.05) is 12.4 Å². The lowest BCUT2D eigenvalue weighted by molar-refractivity contribution is -0.230. The van der Waals surface area contributed by atoms with Crippen LogP contribution in [0.25, 0.3) is 0 Å². The highest BCUT2D eigenvalue weighted by Crippen LogP contribution is 2.66. The number of carbonyl (C=O) groups excluding carboxylic acids is 4. The van der Waals surface area contributed by atoms with Crippen molar-refractivity contribution in [1.29, 1.82) is 0 Å². The van der Waals surface area contributed by atoms with Crippen molar-refractivity contribution in [3.63, 3.8) is 0 Å². The van der Waals surface area contributed by atoms with E-state index in [4.69, 9.17) is 23.5 Å². The van der Waals surface area contributed by atoms with Gasteiger partial charge in [0.2, 0.25) is 12.2 Å². The van der Waals surface area contributed by atoms with E-state index in [9.17, 15) is 40.8 Å². The summed E-state index contributed by atoms with van der Waals surface area (Å²) in [5, 5.41) is 0. The number of rotatable bonds is 8. The summed E-state index contributed by atoms with van der Waals surface area (Å²) in [5.74, 6) is -5.33. The topological polar surface area (TPSA) is 160 Å². The number of halogens is 4. The third-order valence-electron chi connectivity index (χ3n) is 8.41. The predicted molar refractivity (Wildman–Crippen MR) is 141 cm³/mol. The fraction of sp³-hybridized carbons (Fsp3) is 0.615. The first-order valence-electron chi connectivity index (χ1n) is 13.1. The van der Waals surface area contributed by atoms with Crippen LogP contribution in [0.4, 0.5) is 13.2 Å². The van der Waals surface area contributed by atoms with Crippen molar-refractivity contribution in [2.45, 2.75) is 63.3 Å². The molecule has 0 aromatic heterocycles. The van der Waals surface area contributed by atoms with Gasteiger partial charge in [0.25, 0.3) is 10.1 Å². The second-order valence-corrected chi connectivity index (χ2v) is 14.3. The molecule has 1 saturated heterocycles. The van der Waals surface area contributed by atoms with Gasteiger partial charge < -0.3 is 18.9 Å². The van der Waals surface area contributed by atoms with Crippen LogP contribution in [0.5, 0.6) is 5.75 Å². The maximum atomic E-state index is 13.6. The third-order valence-corrected chi connectivity index (χ3v) is 9.98. The molecule has 5 fully saturated rings. The molecule has 5 aliphatic rings. The number of alkyl halides is 3. The SMILES string of the molecule is O=C(OC1CCOC1=O)c1ccc(OC(=O)C23CC4CC(C2)CC(C(=O)OC(CS(=O)(=O)O)C(F)(F)F)(C4)C3)c(I)c1. The van der Waals surface area contributed by atoms with Gasteiger partial charge in [-0.2, -0.15) is 21.6 Å². The number of benzene rings is 1. The summed E-state index contributed by atoms with van der Waals surface area (Å²) >= 11 is 1.86. The molecule has 4 unspecified atom stereocenters. The van der Waals surface area contributed by atoms with E-state index < -0.39 is 69.0 Å². The Morgan fingerprint density at radius 1 is 1.10 bits per heavy atom. The minimum atomic E-state index is -5.24. The molecule has 4 saturated carbocycles. The molecule has 42 heavy (non-hydrogen) atoms. The van der Waals surface area contributed by atoms with Crippen LogP contribution >= 0.6 is 22.6 Å². The fourth-order valence-corrected chi connectivity index (χ4v) is 8.35. The predicted octanol–water partition coefficient (Wildman–Crippen LogP) is 3.62. The van der Waals surface area contributed by atoms with Crippen molar-refractivity contribution in [3.05, 3.63) is 27.3 Å². The standard InChI is InChI=1S/C26H26F3IO11S/c27-26(28,29)19(11-42(35,36)37)41-23(34)25-9-13-5-14(10-25)8-24(7-13,12-25)22(33)40-17-2-1-15(6-16(17)30)20(31)39-18-3-4-38-21(18)32/h1-2,6,13-14,18-19H,3-5,7-12H2,(H,35,36,37). The number of carbonyl (C=O) groups is 4. The largest absolute Gasteiger partial charge is 0.463 e. The average molecular weight is 730 g/mol. The van der Waals surface area contributed by atoms with Crippen LogP contribution in [0.2, 0.25) is 0 Å². The van der Waals surface area contributed by atoms with Crippen molar-refractivity contribution >= 4 is 56.6 Å². The molecule has 1 aliphatic heterocycles. The van der Waals surface area contributed by atoms with Crippen molar-refractivity contribution in [3.8, 4) is 5.75 Å². The summed E-state index contributed by atoms with van der Waals surface area (Å²) in [4.78, 5) is 50.9. The molecule has 0 spiro atoms. The van der Waals surface area contributed by atoms with Crippen LogP contribution < -0.4 is 4.74 Å². The minimum absolute atomic E-state index is 0.111. The zero-order valence-corrected chi connectivity index (χ0v) is 24.8. The molecule has 4 atom stereocenters. The number of hydrogen-bond acceptors (Lipinski definition) is 10. The summed E-state index contributed by atoms with van der Waals surface area (Å²) < 4.78 is 92.5. The maximum absolute atomic E-state index is 13.6. The molecular formula is C26H26F3IO11S. The van der Waals surface area contributed by atoms with Gasteiger partial charge in [-0.3, -0.25) is 14.1 Å². The minimum Gasteiger partial charge on any atom is -0.463 e. The van der Waals surface area contributed by atoms with Crippen LogP contribution in [0, 0.1) is 26.2 Å². The first kappa shape index (κ1) is 31.0.